The van der Waals surface area contributed by atoms with E-state index in [2.05, 4.69) is 39.7 Å². The molecule has 1 aromatic rings. The van der Waals surface area contributed by atoms with Crippen LogP contribution in [0.4, 0.5) is 0 Å². The van der Waals surface area contributed by atoms with Gasteiger partial charge in [0.15, 0.2) is 0 Å². The second-order valence-corrected chi connectivity index (χ2v) is 6.56. The Labute approximate surface area is 104 Å². The molecule has 1 aliphatic rings. The second kappa shape index (κ2) is 4.98. The number of halogens is 1. The predicted octanol–water partition coefficient (Wildman–Crippen LogP) is 3.83. The SMILES string of the molecule is CNCC1(Cc2cc(Br)cs2)CCCC1. The number of hydrogen-bond donors (Lipinski definition) is 1. The van der Waals surface area contributed by atoms with Crippen LogP contribution in [-0.2, 0) is 6.42 Å². The summed E-state index contributed by atoms with van der Waals surface area (Å²) in [6.45, 7) is 1.17. The summed E-state index contributed by atoms with van der Waals surface area (Å²) in [7, 11) is 2.07. The van der Waals surface area contributed by atoms with Gasteiger partial charge in [0.05, 0.1) is 0 Å². The molecule has 3 heteroatoms. The second-order valence-electron chi connectivity index (χ2n) is 4.65. The monoisotopic (exact) mass is 287 g/mol. The fourth-order valence-corrected chi connectivity index (χ4v) is 4.36. The van der Waals surface area contributed by atoms with Crippen molar-refractivity contribution < 1.29 is 0 Å². The molecule has 2 rings (SSSR count). The van der Waals surface area contributed by atoms with Gasteiger partial charge in [0.1, 0.15) is 0 Å². The van der Waals surface area contributed by atoms with E-state index in [9.17, 15) is 0 Å². The van der Waals surface area contributed by atoms with Gasteiger partial charge in [-0.2, -0.15) is 0 Å². The first-order valence-electron chi connectivity index (χ1n) is 5.62. The summed E-state index contributed by atoms with van der Waals surface area (Å²) in [6, 6.07) is 2.28. The molecule has 0 aliphatic heterocycles. The van der Waals surface area contributed by atoms with Gasteiger partial charge >= 0.3 is 0 Å². The first-order valence-corrected chi connectivity index (χ1v) is 7.29. The summed E-state index contributed by atoms with van der Waals surface area (Å²) in [5.74, 6) is 0. The molecule has 0 atom stereocenters. The van der Waals surface area contributed by atoms with Crippen LogP contribution in [0.25, 0.3) is 0 Å². The molecule has 0 amide bonds. The summed E-state index contributed by atoms with van der Waals surface area (Å²) in [4.78, 5) is 1.53. The Balaban J connectivity index is 2.06. The van der Waals surface area contributed by atoms with Crippen molar-refractivity contribution in [2.45, 2.75) is 32.1 Å². The highest BCUT2D eigenvalue weighted by atomic mass is 79.9. The van der Waals surface area contributed by atoms with E-state index in [1.54, 1.807) is 0 Å². The van der Waals surface area contributed by atoms with Crippen molar-refractivity contribution >= 4 is 27.3 Å². The topological polar surface area (TPSA) is 12.0 Å². The Morgan fingerprint density at radius 3 is 2.73 bits per heavy atom. The third-order valence-electron chi connectivity index (χ3n) is 3.39. The van der Waals surface area contributed by atoms with Crippen LogP contribution in [0.15, 0.2) is 15.9 Å². The van der Waals surface area contributed by atoms with Crippen molar-refractivity contribution in [3.63, 3.8) is 0 Å². The molecule has 1 aliphatic carbocycles. The summed E-state index contributed by atoms with van der Waals surface area (Å²) < 4.78 is 1.24. The van der Waals surface area contributed by atoms with Crippen LogP contribution in [0.2, 0.25) is 0 Å². The van der Waals surface area contributed by atoms with E-state index in [0.717, 1.165) is 0 Å². The standard InChI is InChI=1S/C12H18BrNS/c1-14-9-12(4-2-3-5-12)7-11-6-10(13)8-15-11/h6,8,14H,2-5,7,9H2,1H3. The Hall–Kier alpha value is 0.140. The molecule has 0 saturated heterocycles. The maximum Gasteiger partial charge on any atom is 0.0285 e. The minimum Gasteiger partial charge on any atom is -0.319 e. The highest BCUT2D eigenvalue weighted by molar-refractivity contribution is 9.10. The molecule has 0 bridgehead atoms. The Morgan fingerprint density at radius 1 is 1.47 bits per heavy atom. The molecule has 0 radical (unpaired) electrons. The van der Waals surface area contributed by atoms with Gasteiger partial charge in [-0.15, -0.1) is 11.3 Å². The lowest BCUT2D eigenvalue weighted by Gasteiger charge is -2.28. The van der Waals surface area contributed by atoms with Crippen LogP contribution in [0.5, 0.6) is 0 Å². The highest BCUT2D eigenvalue weighted by Crippen LogP contribution is 2.41. The van der Waals surface area contributed by atoms with E-state index < -0.39 is 0 Å². The number of rotatable bonds is 4. The fraction of sp³-hybridized carbons (Fsp3) is 0.667. The van der Waals surface area contributed by atoms with Crippen molar-refractivity contribution in [2.24, 2.45) is 5.41 Å². The maximum atomic E-state index is 3.53. The van der Waals surface area contributed by atoms with Gasteiger partial charge in [-0.3, -0.25) is 0 Å². The van der Waals surface area contributed by atoms with Gasteiger partial charge in [0.25, 0.3) is 0 Å². The van der Waals surface area contributed by atoms with Crippen molar-refractivity contribution in [1.82, 2.24) is 5.32 Å². The van der Waals surface area contributed by atoms with Crippen LogP contribution in [-0.4, -0.2) is 13.6 Å². The first-order chi connectivity index (χ1) is 7.24. The van der Waals surface area contributed by atoms with Gasteiger partial charge < -0.3 is 5.32 Å². The summed E-state index contributed by atoms with van der Waals surface area (Å²) in [5.41, 5.74) is 0.541. The zero-order valence-electron chi connectivity index (χ0n) is 9.18. The molecule has 1 saturated carbocycles. The highest BCUT2D eigenvalue weighted by Gasteiger charge is 2.33. The Kier molecular flexibility index (Phi) is 3.86. The summed E-state index contributed by atoms with van der Waals surface area (Å²) >= 11 is 5.42. The molecule has 0 spiro atoms. The number of thiophene rings is 1. The molecule has 1 fully saturated rings. The lowest BCUT2D eigenvalue weighted by molar-refractivity contribution is 0.288. The van der Waals surface area contributed by atoms with E-state index in [1.165, 1.54) is 48.0 Å². The molecule has 1 aromatic heterocycles. The van der Waals surface area contributed by atoms with E-state index in [0.29, 0.717) is 5.41 Å². The molecular formula is C12H18BrNS. The van der Waals surface area contributed by atoms with Gasteiger partial charge in [0.2, 0.25) is 0 Å². The zero-order valence-corrected chi connectivity index (χ0v) is 11.6. The van der Waals surface area contributed by atoms with E-state index in [4.69, 9.17) is 0 Å². The molecule has 0 aromatic carbocycles. The molecule has 1 heterocycles. The summed E-state index contributed by atoms with van der Waals surface area (Å²) in [5, 5.41) is 5.56. The van der Waals surface area contributed by atoms with Crippen LogP contribution < -0.4 is 5.32 Å². The Bertz CT molecular complexity index is 315. The average molecular weight is 288 g/mol. The number of nitrogens with one attached hydrogen (secondary N) is 1. The molecular weight excluding hydrogens is 270 g/mol. The van der Waals surface area contributed by atoms with Crippen molar-refractivity contribution in [3.05, 3.63) is 20.8 Å². The minimum absolute atomic E-state index is 0.541. The zero-order chi connectivity index (χ0) is 10.7. The van der Waals surface area contributed by atoms with Crippen molar-refractivity contribution in [1.29, 1.82) is 0 Å². The molecule has 15 heavy (non-hydrogen) atoms. The smallest absolute Gasteiger partial charge is 0.0285 e. The maximum absolute atomic E-state index is 3.53. The van der Waals surface area contributed by atoms with E-state index in [-0.39, 0.29) is 0 Å². The molecule has 0 unspecified atom stereocenters. The van der Waals surface area contributed by atoms with Gasteiger partial charge in [-0.1, -0.05) is 12.8 Å². The lowest BCUT2D eigenvalue weighted by atomic mass is 9.82. The predicted molar refractivity (Wildman–Crippen MR) is 70.6 cm³/mol. The van der Waals surface area contributed by atoms with Crippen molar-refractivity contribution in [3.8, 4) is 0 Å². The van der Waals surface area contributed by atoms with Crippen LogP contribution in [0.1, 0.15) is 30.6 Å². The fourth-order valence-electron chi connectivity index (χ4n) is 2.73. The van der Waals surface area contributed by atoms with Crippen LogP contribution in [0.3, 0.4) is 0 Å². The molecule has 1 N–H and O–H groups in total. The van der Waals surface area contributed by atoms with Crippen LogP contribution in [0, 0.1) is 5.41 Å². The van der Waals surface area contributed by atoms with Gasteiger partial charge in [-0.25, -0.2) is 0 Å². The van der Waals surface area contributed by atoms with Crippen molar-refractivity contribution in [2.75, 3.05) is 13.6 Å². The Morgan fingerprint density at radius 2 is 2.20 bits per heavy atom. The first kappa shape index (κ1) is 11.6. The summed E-state index contributed by atoms with van der Waals surface area (Å²) in [6.07, 6.45) is 6.86. The lowest BCUT2D eigenvalue weighted by Crippen LogP contribution is -2.31. The third-order valence-corrected chi connectivity index (χ3v) is 5.08. The largest absolute Gasteiger partial charge is 0.319 e. The van der Waals surface area contributed by atoms with Crippen LogP contribution >= 0.6 is 27.3 Å². The third kappa shape index (κ3) is 2.83. The molecule has 84 valence electrons. The minimum atomic E-state index is 0.541. The normalized spacial score (nSPS) is 19.6. The average Bonchev–Trinajstić information content (AvgIpc) is 2.78. The van der Waals surface area contributed by atoms with Gasteiger partial charge in [-0.05, 0) is 53.7 Å². The van der Waals surface area contributed by atoms with E-state index in [1.807, 2.05) is 11.3 Å². The van der Waals surface area contributed by atoms with Gasteiger partial charge in [0, 0.05) is 21.3 Å². The number of hydrogen-bond acceptors (Lipinski definition) is 2. The molecule has 1 nitrogen and oxygen atoms in total. The quantitative estimate of drug-likeness (QED) is 0.887. The van der Waals surface area contributed by atoms with E-state index >= 15 is 0 Å².